The molecule has 0 bridgehead atoms. The predicted octanol–water partition coefficient (Wildman–Crippen LogP) is 2.67. The van der Waals surface area contributed by atoms with Gasteiger partial charge in [-0.2, -0.15) is 0 Å². The van der Waals surface area contributed by atoms with Crippen LogP contribution in [0.15, 0.2) is 30.4 Å². The third kappa shape index (κ3) is 3.28. The normalized spacial score (nSPS) is 12.8. The van der Waals surface area contributed by atoms with Crippen LogP contribution in [0.2, 0.25) is 0 Å². The van der Waals surface area contributed by atoms with Gasteiger partial charge in [-0.3, -0.25) is 0 Å². The number of benzene rings is 1. The Morgan fingerprint density at radius 1 is 1.38 bits per heavy atom. The lowest BCUT2D eigenvalue weighted by atomic mass is 10.1. The topological polar surface area (TPSA) is 44.5 Å². The number of rotatable bonds is 5. The van der Waals surface area contributed by atoms with E-state index in [9.17, 15) is 0 Å². The Balaban J connectivity index is 2.84. The Kier molecular flexibility index (Phi) is 4.86. The minimum Gasteiger partial charge on any atom is -0.493 e. The molecule has 0 heterocycles. The maximum absolute atomic E-state index is 5.80. The minimum absolute atomic E-state index is 0.00140. The Hall–Kier alpha value is -1.48. The molecule has 1 aromatic rings. The highest BCUT2D eigenvalue weighted by atomic mass is 16.5. The van der Waals surface area contributed by atoms with Crippen molar-refractivity contribution in [2.24, 2.45) is 5.73 Å². The first-order valence-corrected chi connectivity index (χ1v) is 5.36. The van der Waals surface area contributed by atoms with Crippen LogP contribution in [-0.2, 0) is 0 Å². The van der Waals surface area contributed by atoms with Gasteiger partial charge in [0.2, 0.25) is 0 Å². The maximum Gasteiger partial charge on any atom is 0.161 e. The summed E-state index contributed by atoms with van der Waals surface area (Å²) in [6.07, 6.45) is 3.89. The number of hydrogen-bond donors (Lipinski definition) is 1. The minimum atomic E-state index is -0.00140. The van der Waals surface area contributed by atoms with E-state index in [0.717, 1.165) is 17.1 Å². The van der Waals surface area contributed by atoms with Gasteiger partial charge in [0.1, 0.15) is 6.61 Å². The van der Waals surface area contributed by atoms with E-state index in [2.05, 4.69) is 0 Å². The smallest absolute Gasteiger partial charge is 0.161 e. The number of hydrogen-bond acceptors (Lipinski definition) is 3. The molecule has 3 heteroatoms. The summed E-state index contributed by atoms with van der Waals surface area (Å²) < 4.78 is 10.8. The van der Waals surface area contributed by atoms with Crippen molar-refractivity contribution < 1.29 is 9.47 Å². The highest BCUT2D eigenvalue weighted by Crippen LogP contribution is 2.29. The van der Waals surface area contributed by atoms with Crippen LogP contribution in [0, 0.1) is 0 Å². The predicted molar refractivity (Wildman–Crippen MR) is 65.9 cm³/mol. The third-order valence-corrected chi connectivity index (χ3v) is 2.28. The van der Waals surface area contributed by atoms with Gasteiger partial charge in [0, 0.05) is 6.04 Å². The number of allylic oxidation sites excluding steroid dienone is 1. The van der Waals surface area contributed by atoms with Gasteiger partial charge in [0.25, 0.3) is 0 Å². The first-order chi connectivity index (χ1) is 7.69. The summed E-state index contributed by atoms with van der Waals surface area (Å²) in [6, 6.07) is 5.76. The first-order valence-electron chi connectivity index (χ1n) is 5.36. The third-order valence-electron chi connectivity index (χ3n) is 2.28. The van der Waals surface area contributed by atoms with E-state index in [1.807, 2.05) is 44.2 Å². The zero-order valence-electron chi connectivity index (χ0n) is 10.1. The molecule has 1 rings (SSSR count). The molecule has 0 amide bonds. The van der Waals surface area contributed by atoms with Gasteiger partial charge in [-0.25, -0.2) is 0 Å². The molecule has 16 heavy (non-hydrogen) atoms. The van der Waals surface area contributed by atoms with Crippen molar-refractivity contribution >= 4 is 0 Å². The van der Waals surface area contributed by atoms with Gasteiger partial charge in [0.15, 0.2) is 11.5 Å². The van der Waals surface area contributed by atoms with E-state index in [4.69, 9.17) is 15.2 Å². The zero-order chi connectivity index (χ0) is 12.0. The maximum atomic E-state index is 5.80. The molecule has 0 radical (unpaired) electrons. The largest absolute Gasteiger partial charge is 0.493 e. The van der Waals surface area contributed by atoms with E-state index in [1.54, 1.807) is 7.11 Å². The van der Waals surface area contributed by atoms with Crippen LogP contribution in [0.5, 0.6) is 11.5 Å². The summed E-state index contributed by atoms with van der Waals surface area (Å²) in [5, 5.41) is 0. The fourth-order valence-corrected chi connectivity index (χ4v) is 1.32. The van der Waals surface area contributed by atoms with E-state index in [-0.39, 0.29) is 6.04 Å². The SMILES string of the molecule is CC=CCOc1ccc([C@@H](C)N)cc1OC. The molecule has 0 aliphatic heterocycles. The van der Waals surface area contributed by atoms with Gasteiger partial charge in [-0.1, -0.05) is 18.2 Å². The van der Waals surface area contributed by atoms with Crippen molar-refractivity contribution in [3.63, 3.8) is 0 Å². The molecule has 88 valence electrons. The summed E-state index contributed by atoms with van der Waals surface area (Å²) >= 11 is 0. The number of methoxy groups -OCH3 is 1. The number of nitrogens with two attached hydrogens (primary N) is 1. The van der Waals surface area contributed by atoms with Crippen LogP contribution in [-0.4, -0.2) is 13.7 Å². The first kappa shape index (κ1) is 12.6. The zero-order valence-corrected chi connectivity index (χ0v) is 10.1. The molecule has 0 unspecified atom stereocenters. The van der Waals surface area contributed by atoms with Gasteiger partial charge < -0.3 is 15.2 Å². The molecule has 3 nitrogen and oxygen atoms in total. The molecular weight excluding hydrogens is 202 g/mol. The molecule has 0 saturated carbocycles. The van der Waals surface area contributed by atoms with Gasteiger partial charge in [-0.05, 0) is 31.5 Å². The van der Waals surface area contributed by atoms with Crippen LogP contribution in [0.4, 0.5) is 0 Å². The lowest BCUT2D eigenvalue weighted by Gasteiger charge is -2.12. The van der Waals surface area contributed by atoms with E-state index < -0.39 is 0 Å². The van der Waals surface area contributed by atoms with Crippen molar-refractivity contribution in [3.05, 3.63) is 35.9 Å². The van der Waals surface area contributed by atoms with E-state index >= 15 is 0 Å². The van der Waals surface area contributed by atoms with Gasteiger partial charge in [0.05, 0.1) is 7.11 Å². The summed E-state index contributed by atoms with van der Waals surface area (Å²) in [7, 11) is 1.63. The van der Waals surface area contributed by atoms with Crippen molar-refractivity contribution in [1.82, 2.24) is 0 Å². The highest BCUT2D eigenvalue weighted by molar-refractivity contribution is 5.43. The Morgan fingerprint density at radius 2 is 2.12 bits per heavy atom. The van der Waals surface area contributed by atoms with E-state index in [1.165, 1.54) is 0 Å². The molecule has 0 aromatic heterocycles. The Labute approximate surface area is 96.9 Å². The lowest BCUT2D eigenvalue weighted by Crippen LogP contribution is -2.05. The van der Waals surface area contributed by atoms with Crippen molar-refractivity contribution in [3.8, 4) is 11.5 Å². The summed E-state index contributed by atoms with van der Waals surface area (Å²) in [4.78, 5) is 0. The molecule has 0 spiro atoms. The second kappa shape index (κ2) is 6.18. The molecule has 0 saturated heterocycles. The molecule has 0 aliphatic carbocycles. The van der Waals surface area contributed by atoms with Crippen molar-refractivity contribution in [2.75, 3.05) is 13.7 Å². The van der Waals surface area contributed by atoms with Crippen LogP contribution >= 0.6 is 0 Å². The van der Waals surface area contributed by atoms with Crippen LogP contribution < -0.4 is 15.2 Å². The Bertz CT molecular complexity index is 359. The molecule has 0 fully saturated rings. The fourth-order valence-electron chi connectivity index (χ4n) is 1.32. The number of ether oxygens (including phenoxy) is 2. The molecular formula is C13H19NO2. The van der Waals surface area contributed by atoms with Crippen molar-refractivity contribution in [1.29, 1.82) is 0 Å². The van der Waals surface area contributed by atoms with Crippen LogP contribution in [0.3, 0.4) is 0 Å². The summed E-state index contributed by atoms with van der Waals surface area (Å²) in [5.41, 5.74) is 6.84. The molecule has 1 atom stereocenters. The highest BCUT2D eigenvalue weighted by Gasteiger charge is 2.07. The summed E-state index contributed by atoms with van der Waals surface area (Å²) in [5.74, 6) is 1.46. The molecule has 0 aliphatic rings. The van der Waals surface area contributed by atoms with Gasteiger partial charge >= 0.3 is 0 Å². The Morgan fingerprint density at radius 3 is 2.69 bits per heavy atom. The van der Waals surface area contributed by atoms with Crippen molar-refractivity contribution in [2.45, 2.75) is 19.9 Å². The second-order valence-electron chi connectivity index (χ2n) is 3.58. The van der Waals surface area contributed by atoms with E-state index in [0.29, 0.717) is 6.61 Å². The fraction of sp³-hybridized carbons (Fsp3) is 0.385. The summed E-state index contributed by atoms with van der Waals surface area (Å²) in [6.45, 7) is 4.44. The van der Waals surface area contributed by atoms with Crippen LogP contribution in [0.1, 0.15) is 25.5 Å². The monoisotopic (exact) mass is 221 g/mol. The molecule has 1 aromatic carbocycles. The second-order valence-corrected chi connectivity index (χ2v) is 3.58. The standard InChI is InChI=1S/C13H19NO2/c1-4-5-8-16-12-7-6-11(10(2)14)9-13(12)15-3/h4-7,9-10H,8,14H2,1-3H3/t10-/m1/s1. The average molecular weight is 221 g/mol. The lowest BCUT2D eigenvalue weighted by molar-refractivity contribution is 0.325. The van der Waals surface area contributed by atoms with Gasteiger partial charge in [-0.15, -0.1) is 0 Å². The van der Waals surface area contributed by atoms with Crippen LogP contribution in [0.25, 0.3) is 0 Å². The quantitative estimate of drug-likeness (QED) is 0.777. The average Bonchev–Trinajstić information content (AvgIpc) is 2.29. The molecule has 2 N–H and O–H groups in total.